The van der Waals surface area contributed by atoms with Gasteiger partial charge in [0.25, 0.3) is 0 Å². The minimum Gasteiger partial charge on any atom is -0.434 e. The van der Waals surface area contributed by atoms with Crippen LogP contribution in [-0.4, -0.2) is 25.5 Å². The van der Waals surface area contributed by atoms with E-state index in [0.717, 1.165) is 62.5 Å². The third kappa shape index (κ3) is 6.90. The molecule has 0 saturated carbocycles. The van der Waals surface area contributed by atoms with Crippen molar-refractivity contribution in [2.24, 2.45) is 0 Å². The summed E-state index contributed by atoms with van der Waals surface area (Å²) in [7, 11) is 0. The van der Waals surface area contributed by atoms with Crippen LogP contribution < -0.4 is 9.47 Å². The molecule has 0 aliphatic rings. The number of hydrogen-bond acceptors (Lipinski definition) is 6. The summed E-state index contributed by atoms with van der Waals surface area (Å²) in [6.07, 6.45) is 6.58. The molecule has 0 N–H and O–H groups in total. The van der Waals surface area contributed by atoms with E-state index in [1.807, 2.05) is 50.2 Å². The van der Waals surface area contributed by atoms with Gasteiger partial charge in [0, 0.05) is 21.5 Å². The first-order valence-corrected chi connectivity index (χ1v) is 13.1. The first kappa shape index (κ1) is 27.3. The fraction of sp³-hybridized carbons (Fsp3) is 0.467. The van der Waals surface area contributed by atoms with Crippen molar-refractivity contribution in [2.45, 2.75) is 79.1 Å². The van der Waals surface area contributed by atoms with E-state index in [-0.39, 0.29) is 0 Å². The molecule has 0 aliphatic carbocycles. The molecule has 0 bridgehead atoms. The molecule has 3 aromatic rings. The molecule has 0 heterocycles. The van der Waals surface area contributed by atoms with Crippen molar-refractivity contribution in [1.29, 1.82) is 0 Å². The van der Waals surface area contributed by atoms with Crippen molar-refractivity contribution in [3.63, 3.8) is 0 Å². The summed E-state index contributed by atoms with van der Waals surface area (Å²) in [5.74, 6) is 0.807. The average Bonchev–Trinajstić information content (AvgIpc) is 2.86. The second-order valence-electron chi connectivity index (χ2n) is 9.18. The molecule has 0 aromatic heterocycles. The summed E-state index contributed by atoms with van der Waals surface area (Å²) in [5.41, 5.74) is 1.78. The van der Waals surface area contributed by atoms with Crippen LogP contribution in [0.4, 0.5) is 9.59 Å². The molecule has 0 saturated heterocycles. The second-order valence-corrected chi connectivity index (χ2v) is 9.18. The number of unbranched alkanes of at least 4 members (excludes halogenated alkanes) is 6. The van der Waals surface area contributed by atoms with E-state index in [0.29, 0.717) is 46.3 Å². The van der Waals surface area contributed by atoms with Crippen molar-refractivity contribution in [3.8, 4) is 11.5 Å². The topological polar surface area (TPSA) is 71.1 Å². The van der Waals surface area contributed by atoms with Gasteiger partial charge in [0.05, 0.1) is 13.2 Å². The van der Waals surface area contributed by atoms with Crippen molar-refractivity contribution in [2.75, 3.05) is 13.2 Å². The monoisotopic (exact) mass is 494 g/mol. The minimum absolute atomic E-state index is 0.317. The summed E-state index contributed by atoms with van der Waals surface area (Å²) >= 11 is 0. The van der Waals surface area contributed by atoms with Crippen LogP contribution in [-0.2, 0) is 9.47 Å². The molecule has 0 aliphatic heterocycles. The SMILES string of the molecule is CCCCCCOC(=O)Oc1c2cccc(C)c2c(OC(=O)OCCCCCC)c2cccc(C)c12. The quantitative estimate of drug-likeness (QED) is 0.108. The van der Waals surface area contributed by atoms with Crippen molar-refractivity contribution in [3.05, 3.63) is 47.5 Å². The van der Waals surface area contributed by atoms with Crippen LogP contribution in [0.5, 0.6) is 11.5 Å². The van der Waals surface area contributed by atoms with Crippen LogP contribution in [0.1, 0.15) is 76.3 Å². The molecule has 36 heavy (non-hydrogen) atoms. The highest BCUT2D eigenvalue weighted by Crippen LogP contribution is 2.45. The Kier molecular flexibility index (Phi) is 10.4. The molecule has 0 radical (unpaired) electrons. The summed E-state index contributed by atoms with van der Waals surface area (Å²) in [6.45, 7) is 8.77. The predicted octanol–water partition coefficient (Wildman–Crippen LogP) is 8.80. The molecule has 0 amide bonds. The van der Waals surface area contributed by atoms with Gasteiger partial charge in [0.1, 0.15) is 0 Å². The molecule has 194 valence electrons. The van der Waals surface area contributed by atoms with Crippen LogP contribution in [0, 0.1) is 13.8 Å². The smallest absolute Gasteiger partial charge is 0.434 e. The molecule has 0 atom stereocenters. The number of rotatable bonds is 12. The Balaban J connectivity index is 1.95. The number of benzene rings is 3. The average molecular weight is 495 g/mol. The lowest BCUT2D eigenvalue weighted by molar-refractivity contribution is 0.0965. The van der Waals surface area contributed by atoms with E-state index in [1.54, 1.807) is 0 Å². The molecule has 6 nitrogen and oxygen atoms in total. The van der Waals surface area contributed by atoms with Gasteiger partial charge in [0.2, 0.25) is 0 Å². The summed E-state index contributed by atoms with van der Waals surface area (Å²) < 4.78 is 22.3. The highest BCUT2D eigenvalue weighted by molar-refractivity contribution is 6.14. The van der Waals surface area contributed by atoms with Gasteiger partial charge in [-0.2, -0.15) is 0 Å². The molecular weight excluding hydrogens is 456 g/mol. The molecule has 6 heteroatoms. The highest BCUT2D eigenvalue weighted by Gasteiger charge is 2.23. The molecule has 3 rings (SSSR count). The maximum Gasteiger partial charge on any atom is 0.513 e. The fourth-order valence-corrected chi connectivity index (χ4v) is 4.39. The Morgan fingerprint density at radius 3 is 1.42 bits per heavy atom. The van der Waals surface area contributed by atoms with Crippen molar-refractivity contribution >= 4 is 33.9 Å². The van der Waals surface area contributed by atoms with Gasteiger partial charge in [0.15, 0.2) is 11.5 Å². The number of fused-ring (bicyclic) bond motifs is 2. The van der Waals surface area contributed by atoms with E-state index in [1.165, 1.54) is 0 Å². The number of hydrogen-bond donors (Lipinski definition) is 0. The predicted molar refractivity (Wildman–Crippen MR) is 143 cm³/mol. The Bertz CT molecular complexity index is 1090. The van der Waals surface area contributed by atoms with E-state index in [2.05, 4.69) is 13.8 Å². The van der Waals surface area contributed by atoms with Crippen molar-refractivity contribution < 1.29 is 28.5 Å². The van der Waals surface area contributed by atoms with E-state index in [9.17, 15) is 9.59 Å². The van der Waals surface area contributed by atoms with Gasteiger partial charge in [-0.25, -0.2) is 9.59 Å². The first-order valence-electron chi connectivity index (χ1n) is 13.1. The normalized spacial score (nSPS) is 11.0. The van der Waals surface area contributed by atoms with Crippen LogP contribution in [0.25, 0.3) is 21.5 Å². The number of carbonyl (C=O) groups excluding carboxylic acids is 2. The third-order valence-electron chi connectivity index (χ3n) is 6.30. The number of aryl methyl sites for hydroxylation is 2. The minimum atomic E-state index is -0.737. The molecule has 0 spiro atoms. The van der Waals surface area contributed by atoms with E-state index >= 15 is 0 Å². The number of carbonyl (C=O) groups is 2. The van der Waals surface area contributed by atoms with E-state index in [4.69, 9.17) is 18.9 Å². The number of ether oxygens (including phenoxy) is 4. The molecule has 0 unspecified atom stereocenters. The van der Waals surface area contributed by atoms with Crippen LogP contribution >= 0.6 is 0 Å². The zero-order chi connectivity index (χ0) is 25.9. The third-order valence-corrected chi connectivity index (χ3v) is 6.30. The van der Waals surface area contributed by atoms with Gasteiger partial charge in [-0.1, -0.05) is 88.8 Å². The summed E-state index contributed by atoms with van der Waals surface area (Å²) in [6, 6.07) is 11.4. The largest absolute Gasteiger partial charge is 0.513 e. The Hall–Kier alpha value is -3.28. The van der Waals surface area contributed by atoms with Gasteiger partial charge in [-0.15, -0.1) is 0 Å². The summed E-state index contributed by atoms with van der Waals surface area (Å²) in [5, 5.41) is 2.74. The highest BCUT2D eigenvalue weighted by atomic mass is 16.7. The zero-order valence-electron chi connectivity index (χ0n) is 22.0. The van der Waals surface area contributed by atoms with Gasteiger partial charge in [-0.3, -0.25) is 0 Å². The lowest BCUT2D eigenvalue weighted by Gasteiger charge is -2.18. The Morgan fingerprint density at radius 2 is 1.03 bits per heavy atom. The van der Waals surface area contributed by atoms with Crippen LogP contribution in [0.15, 0.2) is 36.4 Å². The first-order chi connectivity index (χ1) is 17.5. The molecule has 3 aromatic carbocycles. The van der Waals surface area contributed by atoms with Crippen LogP contribution in [0.3, 0.4) is 0 Å². The molecule has 0 fully saturated rings. The van der Waals surface area contributed by atoms with Crippen LogP contribution in [0.2, 0.25) is 0 Å². The van der Waals surface area contributed by atoms with Gasteiger partial charge in [-0.05, 0) is 37.8 Å². The fourth-order valence-electron chi connectivity index (χ4n) is 4.39. The lowest BCUT2D eigenvalue weighted by atomic mass is 9.95. The van der Waals surface area contributed by atoms with E-state index < -0.39 is 12.3 Å². The maximum absolute atomic E-state index is 12.6. The lowest BCUT2D eigenvalue weighted by Crippen LogP contribution is -2.14. The van der Waals surface area contributed by atoms with Gasteiger partial charge >= 0.3 is 12.3 Å². The zero-order valence-corrected chi connectivity index (χ0v) is 22.0. The summed E-state index contributed by atoms with van der Waals surface area (Å²) in [4.78, 5) is 25.3. The maximum atomic E-state index is 12.6. The molecular formula is C30H38O6. The Morgan fingerprint density at radius 1 is 0.611 bits per heavy atom. The Labute approximate surface area is 213 Å². The van der Waals surface area contributed by atoms with Crippen molar-refractivity contribution in [1.82, 2.24) is 0 Å². The second kappa shape index (κ2) is 13.7. The standard InChI is InChI=1S/C30H38O6/c1-5-7-9-11-19-33-29(31)35-27-23-17-13-16-22(4)26(23)28(24-18-14-15-21(3)25(24)27)36-30(32)34-20-12-10-8-6-2/h13-18H,5-12,19-20H2,1-4H3. The van der Waals surface area contributed by atoms with Gasteiger partial charge < -0.3 is 18.9 Å².